The van der Waals surface area contributed by atoms with Crippen LogP contribution in [0.25, 0.3) is 42.2 Å². The molecule has 1 aliphatic heterocycles. The van der Waals surface area contributed by atoms with E-state index in [1.807, 2.05) is 17.5 Å². The molecule has 6 rings (SSSR count). The lowest BCUT2D eigenvalue weighted by atomic mass is 9.82. The average molecular weight is 438 g/mol. The minimum absolute atomic E-state index is 0.0490. The maximum atomic E-state index is 6.15. The first kappa shape index (κ1) is 19.8. The van der Waals surface area contributed by atoms with Crippen molar-refractivity contribution in [1.82, 2.24) is 4.98 Å². The number of hydrogen-bond donors (Lipinski definition) is 0. The van der Waals surface area contributed by atoms with E-state index in [0.29, 0.717) is 5.92 Å². The Labute approximate surface area is 192 Å². The minimum Gasteiger partial charge on any atom is -0.490 e. The van der Waals surface area contributed by atoms with Crippen LogP contribution in [-0.2, 0) is 5.41 Å². The van der Waals surface area contributed by atoms with Gasteiger partial charge < -0.3 is 4.74 Å². The van der Waals surface area contributed by atoms with Crippen LogP contribution in [-0.4, -0.2) is 11.1 Å². The van der Waals surface area contributed by atoms with E-state index in [-0.39, 0.29) is 11.5 Å². The molecule has 3 heterocycles. The van der Waals surface area contributed by atoms with Crippen molar-refractivity contribution in [3.63, 3.8) is 0 Å². The summed E-state index contributed by atoms with van der Waals surface area (Å²) >= 11 is 1.85. The Bertz CT molecular complexity index is 1520. The standard InChI is InChI=1S/C29H27NOS/c1-16-17(2)31-23-10-11-24-26(25(16)23)21-12-13-30-27(28(21)32-24)19-14-18-8-6-7-9-20(18)22(15-19)29(3,4)5/h6-17H,1-5H3. The van der Waals surface area contributed by atoms with E-state index in [2.05, 4.69) is 89.2 Å². The lowest BCUT2D eigenvalue weighted by molar-refractivity contribution is 0.232. The third-order valence-electron chi connectivity index (χ3n) is 6.97. The average Bonchev–Trinajstić information content (AvgIpc) is 3.29. The molecule has 2 unspecified atom stereocenters. The van der Waals surface area contributed by atoms with Crippen molar-refractivity contribution in [3.05, 3.63) is 71.9 Å². The fourth-order valence-electron chi connectivity index (χ4n) is 5.17. The summed E-state index contributed by atoms with van der Waals surface area (Å²) in [6.45, 7) is 11.3. The molecule has 0 bridgehead atoms. The molecule has 5 aromatic rings. The van der Waals surface area contributed by atoms with Crippen LogP contribution in [0.3, 0.4) is 0 Å². The van der Waals surface area contributed by atoms with E-state index >= 15 is 0 Å². The fourth-order valence-corrected chi connectivity index (χ4v) is 6.39. The number of pyridine rings is 1. The molecule has 1 aliphatic rings. The van der Waals surface area contributed by atoms with E-state index in [9.17, 15) is 0 Å². The monoisotopic (exact) mass is 437 g/mol. The van der Waals surface area contributed by atoms with Gasteiger partial charge in [-0.25, -0.2) is 0 Å². The quantitative estimate of drug-likeness (QED) is 0.262. The number of aromatic nitrogens is 1. The Kier molecular flexibility index (Phi) is 4.19. The summed E-state index contributed by atoms with van der Waals surface area (Å²) in [5.41, 5.74) is 5.04. The molecule has 0 spiro atoms. The fraction of sp³-hybridized carbons (Fsp3) is 0.276. The summed E-state index contributed by atoms with van der Waals surface area (Å²) in [5.74, 6) is 1.42. The summed E-state index contributed by atoms with van der Waals surface area (Å²) in [6.07, 6.45) is 2.18. The second kappa shape index (κ2) is 6.79. The van der Waals surface area contributed by atoms with Crippen LogP contribution in [0.2, 0.25) is 0 Å². The van der Waals surface area contributed by atoms with E-state index in [4.69, 9.17) is 9.72 Å². The predicted octanol–water partition coefficient (Wildman–Crippen LogP) is 8.45. The first-order valence-electron chi connectivity index (χ1n) is 11.4. The van der Waals surface area contributed by atoms with Crippen molar-refractivity contribution < 1.29 is 4.74 Å². The van der Waals surface area contributed by atoms with Gasteiger partial charge in [-0.15, -0.1) is 11.3 Å². The molecule has 32 heavy (non-hydrogen) atoms. The third kappa shape index (κ3) is 2.80. The van der Waals surface area contributed by atoms with Crippen molar-refractivity contribution in [2.45, 2.75) is 52.1 Å². The Balaban J connectivity index is 1.67. The second-order valence-electron chi connectivity index (χ2n) is 10.1. The molecule has 3 heteroatoms. The number of ether oxygens (including phenoxy) is 1. The van der Waals surface area contributed by atoms with Crippen LogP contribution in [0.4, 0.5) is 0 Å². The minimum atomic E-state index is 0.0490. The zero-order chi connectivity index (χ0) is 22.2. The zero-order valence-electron chi connectivity index (χ0n) is 19.2. The Morgan fingerprint density at radius 1 is 0.938 bits per heavy atom. The molecule has 2 atom stereocenters. The highest BCUT2D eigenvalue weighted by Crippen LogP contribution is 2.49. The molecule has 0 fully saturated rings. The summed E-state index contributed by atoms with van der Waals surface area (Å²) in [7, 11) is 0. The summed E-state index contributed by atoms with van der Waals surface area (Å²) in [5, 5.41) is 5.23. The van der Waals surface area contributed by atoms with Crippen molar-refractivity contribution in [2.75, 3.05) is 0 Å². The topological polar surface area (TPSA) is 22.1 Å². The first-order chi connectivity index (χ1) is 15.3. The molecule has 2 aromatic heterocycles. The van der Waals surface area contributed by atoms with Crippen LogP contribution in [0.5, 0.6) is 5.75 Å². The number of rotatable bonds is 1. The van der Waals surface area contributed by atoms with Gasteiger partial charge in [0.1, 0.15) is 11.9 Å². The summed E-state index contributed by atoms with van der Waals surface area (Å²) in [4.78, 5) is 4.91. The Morgan fingerprint density at radius 3 is 2.56 bits per heavy atom. The summed E-state index contributed by atoms with van der Waals surface area (Å²) < 4.78 is 8.73. The van der Waals surface area contributed by atoms with Crippen molar-refractivity contribution in [3.8, 4) is 17.0 Å². The number of hydrogen-bond acceptors (Lipinski definition) is 3. The number of nitrogens with zero attached hydrogens (tertiary/aromatic N) is 1. The molecule has 0 saturated heterocycles. The number of benzene rings is 3. The van der Waals surface area contributed by atoms with E-state index < -0.39 is 0 Å². The maximum absolute atomic E-state index is 6.15. The van der Waals surface area contributed by atoms with Gasteiger partial charge in [-0.2, -0.15) is 0 Å². The van der Waals surface area contributed by atoms with Gasteiger partial charge in [-0.3, -0.25) is 4.98 Å². The molecular weight excluding hydrogens is 410 g/mol. The first-order valence-corrected chi connectivity index (χ1v) is 12.2. The lowest BCUT2D eigenvalue weighted by Gasteiger charge is -2.22. The van der Waals surface area contributed by atoms with Gasteiger partial charge in [-0.05, 0) is 59.0 Å². The van der Waals surface area contributed by atoms with Crippen molar-refractivity contribution in [2.24, 2.45) is 0 Å². The van der Waals surface area contributed by atoms with E-state index in [1.165, 1.54) is 47.6 Å². The third-order valence-corrected chi connectivity index (χ3v) is 8.15. The van der Waals surface area contributed by atoms with Gasteiger partial charge in [0.25, 0.3) is 0 Å². The normalized spacial score (nSPS) is 18.4. The van der Waals surface area contributed by atoms with Gasteiger partial charge in [0, 0.05) is 38.7 Å². The highest BCUT2D eigenvalue weighted by molar-refractivity contribution is 7.26. The molecule has 0 N–H and O–H groups in total. The van der Waals surface area contributed by atoms with Crippen LogP contribution in [0.1, 0.15) is 51.7 Å². The van der Waals surface area contributed by atoms with Gasteiger partial charge in [-0.1, -0.05) is 52.0 Å². The SMILES string of the molecule is CC1Oc2ccc3sc4c(-c5cc(C(C)(C)C)c6ccccc6c5)nccc4c3c2C1C. The molecule has 0 saturated carbocycles. The molecule has 0 amide bonds. The molecule has 0 radical (unpaired) electrons. The lowest BCUT2D eigenvalue weighted by Crippen LogP contribution is -2.12. The summed E-state index contributed by atoms with van der Waals surface area (Å²) in [6, 6.07) is 19.9. The highest BCUT2D eigenvalue weighted by Gasteiger charge is 2.31. The molecule has 0 aliphatic carbocycles. The van der Waals surface area contributed by atoms with Gasteiger partial charge in [0.15, 0.2) is 0 Å². The molecule has 2 nitrogen and oxygen atoms in total. The van der Waals surface area contributed by atoms with Crippen LogP contribution < -0.4 is 4.74 Å². The number of fused-ring (bicyclic) bond motifs is 6. The smallest absolute Gasteiger partial charge is 0.124 e. The van der Waals surface area contributed by atoms with Crippen LogP contribution in [0, 0.1) is 0 Å². The van der Waals surface area contributed by atoms with Gasteiger partial charge in [0.2, 0.25) is 0 Å². The van der Waals surface area contributed by atoms with E-state index in [1.54, 1.807) is 0 Å². The molecule has 3 aromatic carbocycles. The number of thiophene rings is 1. The Hall–Kier alpha value is -2.91. The Morgan fingerprint density at radius 2 is 1.75 bits per heavy atom. The van der Waals surface area contributed by atoms with Crippen LogP contribution in [0.15, 0.2) is 60.8 Å². The zero-order valence-corrected chi connectivity index (χ0v) is 20.0. The van der Waals surface area contributed by atoms with Crippen molar-refractivity contribution in [1.29, 1.82) is 0 Å². The highest BCUT2D eigenvalue weighted by atomic mass is 32.1. The molecular formula is C29H27NOS. The predicted molar refractivity (Wildman–Crippen MR) is 137 cm³/mol. The van der Waals surface area contributed by atoms with Gasteiger partial charge >= 0.3 is 0 Å². The molecule has 160 valence electrons. The largest absolute Gasteiger partial charge is 0.490 e. The van der Waals surface area contributed by atoms with Crippen molar-refractivity contribution >= 4 is 42.3 Å². The second-order valence-corrected chi connectivity index (χ2v) is 11.1. The maximum Gasteiger partial charge on any atom is 0.124 e. The van der Waals surface area contributed by atoms with Crippen LogP contribution >= 0.6 is 11.3 Å². The van der Waals surface area contributed by atoms with Gasteiger partial charge in [0.05, 0.1) is 10.4 Å². The van der Waals surface area contributed by atoms with E-state index in [0.717, 1.165) is 11.4 Å².